The normalized spacial score (nSPS) is 17.2. The van der Waals surface area contributed by atoms with Crippen LogP contribution in [0.15, 0.2) is 23.1 Å². The zero-order valence-corrected chi connectivity index (χ0v) is 13.6. The summed E-state index contributed by atoms with van der Waals surface area (Å²) in [6.45, 7) is 6.98. The molecule has 1 heterocycles. The van der Waals surface area contributed by atoms with Crippen molar-refractivity contribution in [1.82, 2.24) is 0 Å². The van der Waals surface area contributed by atoms with Gasteiger partial charge in [-0.05, 0) is 49.1 Å². The van der Waals surface area contributed by atoms with Crippen molar-refractivity contribution < 1.29 is 5.11 Å². The Morgan fingerprint density at radius 3 is 2.55 bits per heavy atom. The van der Waals surface area contributed by atoms with Crippen LogP contribution >= 0.6 is 11.8 Å². The van der Waals surface area contributed by atoms with Gasteiger partial charge >= 0.3 is 0 Å². The molecule has 0 radical (unpaired) electrons. The number of aliphatic hydroxyl groups excluding tert-OH is 1. The van der Waals surface area contributed by atoms with Gasteiger partial charge < -0.3 is 10.0 Å². The molecule has 1 atom stereocenters. The van der Waals surface area contributed by atoms with Crippen LogP contribution in [0, 0.1) is 0 Å². The average molecular weight is 293 g/mol. The summed E-state index contributed by atoms with van der Waals surface area (Å²) in [5.41, 5.74) is 2.68. The summed E-state index contributed by atoms with van der Waals surface area (Å²) in [6.07, 6.45) is 4.99. The lowest BCUT2D eigenvalue weighted by molar-refractivity contribution is 0.262. The van der Waals surface area contributed by atoms with Crippen LogP contribution in [0.3, 0.4) is 0 Å². The van der Waals surface area contributed by atoms with Crippen LogP contribution in [0.5, 0.6) is 0 Å². The van der Waals surface area contributed by atoms with E-state index < -0.39 is 0 Å². The minimum absolute atomic E-state index is 0.246. The second-order valence-electron chi connectivity index (χ2n) is 5.50. The fourth-order valence-electron chi connectivity index (χ4n) is 2.92. The highest BCUT2D eigenvalue weighted by atomic mass is 32.2. The molecule has 112 valence electrons. The minimum atomic E-state index is 0.246. The average Bonchev–Trinajstić information content (AvgIpc) is 2.50. The molecule has 1 aromatic carbocycles. The first-order valence-corrected chi connectivity index (χ1v) is 8.91. The quantitative estimate of drug-likeness (QED) is 0.792. The minimum Gasteiger partial charge on any atom is -0.396 e. The lowest BCUT2D eigenvalue weighted by Gasteiger charge is -2.31. The first-order valence-electron chi connectivity index (χ1n) is 7.92. The van der Waals surface area contributed by atoms with Crippen molar-refractivity contribution in [2.45, 2.75) is 50.3 Å². The fraction of sp³-hybridized carbons (Fsp3) is 0.647. The van der Waals surface area contributed by atoms with E-state index in [4.69, 9.17) is 0 Å². The Balaban J connectivity index is 2.26. The number of hydrogen-bond acceptors (Lipinski definition) is 3. The SMILES string of the molecule is CCSc1cc(C(CC)CO)ccc1N1CCCCC1. The zero-order valence-electron chi connectivity index (χ0n) is 12.8. The molecule has 3 heteroatoms. The van der Waals surface area contributed by atoms with Crippen LogP contribution in [0.4, 0.5) is 5.69 Å². The summed E-state index contributed by atoms with van der Waals surface area (Å²) in [6, 6.07) is 6.80. The van der Waals surface area contributed by atoms with Crippen molar-refractivity contribution in [3.05, 3.63) is 23.8 Å². The second kappa shape index (κ2) is 7.94. The Morgan fingerprint density at radius 1 is 1.20 bits per heavy atom. The fourth-order valence-corrected chi connectivity index (χ4v) is 3.80. The molecule has 1 aliphatic heterocycles. The summed E-state index contributed by atoms with van der Waals surface area (Å²) in [7, 11) is 0. The molecule has 20 heavy (non-hydrogen) atoms. The number of hydrogen-bond donors (Lipinski definition) is 1. The Kier molecular flexibility index (Phi) is 6.24. The third-order valence-corrected chi connectivity index (χ3v) is 5.09. The Morgan fingerprint density at radius 2 is 1.95 bits per heavy atom. The van der Waals surface area contributed by atoms with Crippen LogP contribution in [-0.2, 0) is 0 Å². The topological polar surface area (TPSA) is 23.5 Å². The summed E-state index contributed by atoms with van der Waals surface area (Å²) >= 11 is 1.92. The van der Waals surface area contributed by atoms with E-state index >= 15 is 0 Å². The van der Waals surface area contributed by atoms with E-state index in [2.05, 4.69) is 36.9 Å². The Bertz CT molecular complexity index is 411. The highest BCUT2D eigenvalue weighted by Gasteiger charge is 2.17. The maximum absolute atomic E-state index is 9.50. The standard InChI is InChI=1S/C17H27NOS/c1-3-14(13-19)15-8-9-16(17(12-15)20-4-2)18-10-6-5-7-11-18/h8-9,12,14,19H,3-7,10-11,13H2,1-2H3. The van der Waals surface area contributed by atoms with Gasteiger partial charge in [-0.25, -0.2) is 0 Å². The van der Waals surface area contributed by atoms with Crippen molar-refractivity contribution in [1.29, 1.82) is 0 Å². The summed E-state index contributed by atoms with van der Waals surface area (Å²) in [5.74, 6) is 1.38. The van der Waals surface area contributed by atoms with Crippen LogP contribution in [0.2, 0.25) is 0 Å². The zero-order chi connectivity index (χ0) is 14.4. The molecule has 0 aromatic heterocycles. The van der Waals surface area contributed by atoms with E-state index in [9.17, 15) is 5.11 Å². The third-order valence-electron chi connectivity index (χ3n) is 4.17. The van der Waals surface area contributed by atoms with Crippen LogP contribution in [-0.4, -0.2) is 30.6 Å². The van der Waals surface area contributed by atoms with Crippen molar-refractivity contribution in [2.24, 2.45) is 0 Å². The number of thioether (sulfide) groups is 1. The van der Waals surface area contributed by atoms with E-state index in [-0.39, 0.29) is 12.5 Å². The van der Waals surface area contributed by atoms with Crippen molar-refractivity contribution in [3.8, 4) is 0 Å². The van der Waals surface area contributed by atoms with Crippen LogP contribution in [0.25, 0.3) is 0 Å². The van der Waals surface area contributed by atoms with Gasteiger partial charge in [0.15, 0.2) is 0 Å². The van der Waals surface area contributed by atoms with Gasteiger partial charge in [-0.2, -0.15) is 0 Å². The van der Waals surface area contributed by atoms with E-state index in [0.717, 1.165) is 12.2 Å². The molecule has 1 fully saturated rings. The maximum atomic E-state index is 9.50. The Labute approximate surface area is 127 Å². The lowest BCUT2D eigenvalue weighted by Crippen LogP contribution is -2.29. The van der Waals surface area contributed by atoms with Crippen molar-refractivity contribution in [3.63, 3.8) is 0 Å². The molecule has 1 unspecified atom stereocenters. The smallest absolute Gasteiger partial charge is 0.0504 e. The van der Waals surface area contributed by atoms with Crippen LogP contribution < -0.4 is 4.90 Å². The highest BCUT2D eigenvalue weighted by molar-refractivity contribution is 7.99. The molecular weight excluding hydrogens is 266 g/mol. The third kappa shape index (κ3) is 3.70. The second-order valence-corrected chi connectivity index (χ2v) is 6.80. The number of rotatable bonds is 6. The molecule has 1 aromatic rings. The number of aliphatic hydroxyl groups is 1. The van der Waals surface area contributed by atoms with Gasteiger partial charge in [0.1, 0.15) is 0 Å². The molecule has 1 aliphatic rings. The molecule has 0 spiro atoms. The monoisotopic (exact) mass is 293 g/mol. The van der Waals surface area contributed by atoms with Gasteiger partial charge in [0.05, 0.1) is 5.69 Å². The maximum Gasteiger partial charge on any atom is 0.0504 e. The summed E-state index contributed by atoms with van der Waals surface area (Å²) in [4.78, 5) is 3.92. The lowest BCUT2D eigenvalue weighted by atomic mass is 9.97. The van der Waals surface area contributed by atoms with Gasteiger partial charge in [-0.15, -0.1) is 11.8 Å². The van der Waals surface area contributed by atoms with Gasteiger partial charge in [0, 0.05) is 30.5 Å². The molecule has 1 saturated heterocycles. The Hall–Kier alpha value is -0.670. The van der Waals surface area contributed by atoms with E-state index in [1.807, 2.05) is 11.8 Å². The summed E-state index contributed by atoms with van der Waals surface area (Å²) < 4.78 is 0. The number of benzene rings is 1. The van der Waals surface area contributed by atoms with E-state index in [1.165, 1.54) is 48.5 Å². The largest absolute Gasteiger partial charge is 0.396 e. The molecular formula is C17H27NOS. The predicted molar refractivity (Wildman–Crippen MR) is 89.0 cm³/mol. The van der Waals surface area contributed by atoms with Crippen molar-refractivity contribution in [2.75, 3.05) is 30.3 Å². The van der Waals surface area contributed by atoms with Gasteiger partial charge in [-0.1, -0.05) is 19.9 Å². The molecule has 0 aliphatic carbocycles. The first kappa shape index (κ1) is 15.7. The van der Waals surface area contributed by atoms with Crippen LogP contribution in [0.1, 0.15) is 51.0 Å². The van der Waals surface area contributed by atoms with Crippen molar-refractivity contribution >= 4 is 17.4 Å². The summed E-state index contributed by atoms with van der Waals surface area (Å²) in [5, 5.41) is 9.50. The molecule has 0 saturated carbocycles. The van der Waals surface area contributed by atoms with Gasteiger partial charge in [-0.3, -0.25) is 0 Å². The molecule has 0 bridgehead atoms. The molecule has 2 nitrogen and oxygen atoms in total. The number of nitrogens with zero attached hydrogens (tertiary/aromatic N) is 1. The highest BCUT2D eigenvalue weighted by Crippen LogP contribution is 2.35. The van der Waals surface area contributed by atoms with Gasteiger partial charge in [0.25, 0.3) is 0 Å². The van der Waals surface area contributed by atoms with E-state index in [0.29, 0.717) is 0 Å². The van der Waals surface area contributed by atoms with E-state index in [1.54, 1.807) is 0 Å². The number of piperidine rings is 1. The molecule has 0 amide bonds. The first-order chi connectivity index (χ1) is 9.80. The number of anilines is 1. The molecule has 2 rings (SSSR count). The molecule has 1 N–H and O–H groups in total. The predicted octanol–water partition coefficient (Wildman–Crippen LogP) is 4.27. The van der Waals surface area contributed by atoms with Gasteiger partial charge in [0.2, 0.25) is 0 Å².